The van der Waals surface area contributed by atoms with E-state index in [1.807, 2.05) is 6.07 Å². The molecule has 1 N–H and O–H groups in total. The van der Waals surface area contributed by atoms with Gasteiger partial charge in [0.1, 0.15) is 0 Å². The van der Waals surface area contributed by atoms with E-state index in [-0.39, 0.29) is 12.6 Å². The number of rotatable bonds is 7. The van der Waals surface area contributed by atoms with Crippen LogP contribution in [0.25, 0.3) is 0 Å². The highest BCUT2D eigenvalue weighted by atomic mass is 79.9. The minimum Gasteiger partial charge on any atom is -0.465 e. The molecule has 0 aliphatic rings. The third kappa shape index (κ3) is 4.89. The number of carbonyl (C=O) groups excluding carboxylic acids is 1. The lowest BCUT2D eigenvalue weighted by atomic mass is 10.1. The van der Waals surface area contributed by atoms with E-state index in [4.69, 9.17) is 9.84 Å². The summed E-state index contributed by atoms with van der Waals surface area (Å²) in [5, 5.41) is 8.95. The number of esters is 1. The van der Waals surface area contributed by atoms with Gasteiger partial charge < -0.3 is 9.84 Å². The Morgan fingerprint density at radius 3 is 2.65 bits per heavy atom. The lowest BCUT2D eigenvalue weighted by Crippen LogP contribution is -2.31. The highest BCUT2D eigenvalue weighted by Crippen LogP contribution is 2.21. The highest BCUT2D eigenvalue weighted by Gasteiger charge is 2.13. The summed E-state index contributed by atoms with van der Waals surface area (Å²) in [6.07, 6.45) is 0.760. The van der Waals surface area contributed by atoms with Crippen LogP contribution >= 0.6 is 15.9 Å². The van der Waals surface area contributed by atoms with Gasteiger partial charge in [-0.25, -0.2) is 4.79 Å². The van der Waals surface area contributed by atoms with E-state index < -0.39 is 0 Å². The van der Waals surface area contributed by atoms with Crippen molar-refractivity contribution in [2.24, 2.45) is 0 Å². The second-order valence-electron chi connectivity index (χ2n) is 4.94. The molecule has 0 amide bonds. The number of carbonyl (C=O) groups is 1. The van der Waals surface area contributed by atoms with Crippen LogP contribution in [0.15, 0.2) is 22.7 Å². The van der Waals surface area contributed by atoms with Crippen LogP contribution in [-0.4, -0.2) is 42.3 Å². The molecule has 4 nitrogen and oxygen atoms in total. The molecule has 20 heavy (non-hydrogen) atoms. The van der Waals surface area contributed by atoms with Crippen LogP contribution in [0.5, 0.6) is 0 Å². The van der Waals surface area contributed by atoms with E-state index in [9.17, 15) is 4.79 Å². The molecule has 0 spiro atoms. The predicted octanol–water partition coefficient (Wildman–Crippen LogP) is 2.83. The van der Waals surface area contributed by atoms with Crippen molar-refractivity contribution >= 4 is 21.9 Å². The predicted molar refractivity (Wildman–Crippen MR) is 82.7 cm³/mol. The minimum absolute atomic E-state index is 0.200. The number of methoxy groups -OCH3 is 1. The smallest absolute Gasteiger partial charge is 0.337 e. The lowest BCUT2D eigenvalue weighted by Gasteiger charge is -2.26. The third-order valence-corrected chi connectivity index (χ3v) is 3.92. The van der Waals surface area contributed by atoms with E-state index in [1.54, 1.807) is 12.1 Å². The Balaban J connectivity index is 2.82. The Bertz CT molecular complexity index is 449. The molecule has 1 rings (SSSR count). The van der Waals surface area contributed by atoms with Gasteiger partial charge in [-0.3, -0.25) is 4.90 Å². The molecular formula is C15H22BrNO3. The Morgan fingerprint density at radius 1 is 1.45 bits per heavy atom. The summed E-state index contributed by atoms with van der Waals surface area (Å²) < 4.78 is 5.60. The van der Waals surface area contributed by atoms with Crippen LogP contribution in [0.3, 0.4) is 0 Å². The normalized spacial score (nSPS) is 11.2. The van der Waals surface area contributed by atoms with Gasteiger partial charge in [0.15, 0.2) is 0 Å². The second-order valence-corrected chi connectivity index (χ2v) is 5.79. The molecule has 0 fully saturated rings. The lowest BCUT2D eigenvalue weighted by molar-refractivity contribution is 0.0600. The quantitative estimate of drug-likeness (QED) is 0.773. The molecule has 5 heteroatoms. The number of hydrogen-bond acceptors (Lipinski definition) is 4. The number of aliphatic hydroxyl groups excluding tert-OH is 1. The van der Waals surface area contributed by atoms with Gasteiger partial charge in [0.05, 0.1) is 12.7 Å². The van der Waals surface area contributed by atoms with Crippen molar-refractivity contribution in [1.29, 1.82) is 0 Å². The number of hydrogen-bond donors (Lipinski definition) is 1. The molecule has 0 heterocycles. The third-order valence-electron chi connectivity index (χ3n) is 3.18. The number of halogens is 1. The van der Waals surface area contributed by atoms with Crippen LogP contribution < -0.4 is 0 Å². The van der Waals surface area contributed by atoms with Gasteiger partial charge in [-0.1, -0.05) is 22.0 Å². The zero-order valence-corrected chi connectivity index (χ0v) is 13.8. The monoisotopic (exact) mass is 343 g/mol. The van der Waals surface area contributed by atoms with Gasteiger partial charge in [-0.2, -0.15) is 0 Å². The fourth-order valence-corrected chi connectivity index (χ4v) is 2.44. The molecule has 112 valence electrons. The van der Waals surface area contributed by atoms with E-state index in [0.717, 1.165) is 29.5 Å². The Hall–Kier alpha value is -0.910. The molecule has 0 unspecified atom stereocenters. The van der Waals surface area contributed by atoms with E-state index in [1.165, 1.54) is 7.11 Å². The van der Waals surface area contributed by atoms with Gasteiger partial charge in [-0.15, -0.1) is 0 Å². The van der Waals surface area contributed by atoms with Crippen LogP contribution in [0.4, 0.5) is 0 Å². The van der Waals surface area contributed by atoms with Crippen molar-refractivity contribution in [3.05, 3.63) is 33.8 Å². The Labute approximate surface area is 128 Å². The fourth-order valence-electron chi connectivity index (χ4n) is 1.93. The average molecular weight is 344 g/mol. The molecule has 0 saturated carbocycles. The summed E-state index contributed by atoms with van der Waals surface area (Å²) in [4.78, 5) is 13.8. The first kappa shape index (κ1) is 17.1. The van der Waals surface area contributed by atoms with Crippen molar-refractivity contribution in [2.75, 3.05) is 20.3 Å². The second kappa shape index (κ2) is 8.39. The van der Waals surface area contributed by atoms with Crippen LogP contribution in [-0.2, 0) is 11.3 Å². The highest BCUT2D eigenvalue weighted by molar-refractivity contribution is 9.10. The van der Waals surface area contributed by atoms with Gasteiger partial charge in [0.25, 0.3) is 0 Å². The molecular weight excluding hydrogens is 322 g/mol. The minimum atomic E-state index is -0.335. The maximum atomic E-state index is 11.5. The van der Waals surface area contributed by atoms with E-state index >= 15 is 0 Å². The molecule has 0 saturated heterocycles. The Morgan fingerprint density at radius 2 is 2.15 bits per heavy atom. The first-order valence-electron chi connectivity index (χ1n) is 6.71. The topological polar surface area (TPSA) is 49.8 Å². The van der Waals surface area contributed by atoms with Gasteiger partial charge in [0, 0.05) is 30.2 Å². The standard InChI is InChI=1S/C15H22BrNO3/c1-11(2)17(7-4-8-18)10-13-6-5-12(9-14(13)16)15(19)20-3/h5-6,9,11,18H,4,7-8,10H2,1-3H3. The SMILES string of the molecule is COC(=O)c1ccc(CN(CCCO)C(C)C)c(Br)c1. The molecule has 1 aromatic rings. The number of aliphatic hydroxyl groups is 1. The summed E-state index contributed by atoms with van der Waals surface area (Å²) in [5.74, 6) is -0.335. The number of benzene rings is 1. The van der Waals surface area contributed by atoms with Gasteiger partial charge >= 0.3 is 5.97 Å². The zero-order chi connectivity index (χ0) is 15.1. The first-order chi connectivity index (χ1) is 9.49. The van der Waals surface area contributed by atoms with Crippen molar-refractivity contribution in [3.63, 3.8) is 0 Å². The molecule has 0 aromatic heterocycles. The largest absolute Gasteiger partial charge is 0.465 e. The van der Waals surface area contributed by atoms with E-state index in [2.05, 4.69) is 34.7 Å². The van der Waals surface area contributed by atoms with Crippen LogP contribution in [0, 0.1) is 0 Å². The molecule has 0 bridgehead atoms. The maximum absolute atomic E-state index is 11.5. The molecule has 0 aliphatic carbocycles. The van der Waals surface area contributed by atoms with Crippen molar-refractivity contribution in [3.8, 4) is 0 Å². The average Bonchev–Trinajstić information content (AvgIpc) is 2.43. The zero-order valence-electron chi connectivity index (χ0n) is 12.2. The molecule has 0 atom stereocenters. The van der Waals surface area contributed by atoms with Crippen molar-refractivity contribution in [1.82, 2.24) is 4.90 Å². The van der Waals surface area contributed by atoms with Crippen LogP contribution in [0.2, 0.25) is 0 Å². The summed E-state index contributed by atoms with van der Waals surface area (Å²) in [6, 6.07) is 5.89. The van der Waals surface area contributed by atoms with Crippen molar-refractivity contribution in [2.45, 2.75) is 32.9 Å². The molecule has 0 aliphatic heterocycles. The van der Waals surface area contributed by atoms with Crippen molar-refractivity contribution < 1.29 is 14.6 Å². The first-order valence-corrected chi connectivity index (χ1v) is 7.50. The van der Waals surface area contributed by atoms with E-state index in [0.29, 0.717) is 11.6 Å². The summed E-state index contributed by atoms with van der Waals surface area (Å²) in [6.45, 7) is 6.09. The van der Waals surface area contributed by atoms with Gasteiger partial charge in [0.2, 0.25) is 0 Å². The van der Waals surface area contributed by atoms with Crippen LogP contribution in [0.1, 0.15) is 36.2 Å². The number of nitrogens with zero attached hydrogens (tertiary/aromatic N) is 1. The fraction of sp³-hybridized carbons (Fsp3) is 0.533. The van der Waals surface area contributed by atoms with Gasteiger partial charge in [-0.05, 0) is 38.0 Å². The molecule has 0 radical (unpaired) electrons. The molecule has 1 aromatic carbocycles. The summed E-state index contributed by atoms with van der Waals surface area (Å²) >= 11 is 3.51. The number of ether oxygens (including phenoxy) is 1. The summed E-state index contributed by atoms with van der Waals surface area (Å²) in [5.41, 5.74) is 1.65. The maximum Gasteiger partial charge on any atom is 0.337 e. The summed E-state index contributed by atoms with van der Waals surface area (Å²) in [7, 11) is 1.37. The Kier molecular flexibility index (Phi) is 7.19.